The number of aromatic nitrogens is 3. The molecular weight excluding hydrogens is 282 g/mol. The van der Waals surface area contributed by atoms with Crippen LogP contribution in [0.25, 0.3) is 0 Å². The van der Waals surface area contributed by atoms with Crippen molar-refractivity contribution in [2.45, 2.75) is 51.9 Å². The number of aryl methyl sites for hydroxylation is 2. The standard InChI is InChI=1S/C15H21N5O2/c1-3-20-13(6-7-17-20)15-12(4-5-14(21)18-15)16-8-11-9-22-19-10(11)2/h6-7,9,12,15-16H,3-5,8H2,1-2H3,(H,18,21). The number of amides is 1. The van der Waals surface area contributed by atoms with E-state index in [0.29, 0.717) is 13.0 Å². The number of nitrogens with one attached hydrogen (secondary N) is 2. The molecule has 0 bridgehead atoms. The van der Waals surface area contributed by atoms with Crippen LogP contribution in [0.1, 0.15) is 42.8 Å². The molecule has 1 fully saturated rings. The molecule has 2 N–H and O–H groups in total. The van der Waals surface area contributed by atoms with Gasteiger partial charge in [0.1, 0.15) is 6.26 Å². The molecule has 0 aliphatic carbocycles. The first-order valence-electron chi connectivity index (χ1n) is 7.63. The normalized spacial score (nSPS) is 21.8. The van der Waals surface area contributed by atoms with Crippen LogP contribution in [0.15, 0.2) is 23.0 Å². The number of hydrogen-bond acceptors (Lipinski definition) is 5. The third-order valence-electron chi connectivity index (χ3n) is 4.17. The number of piperidine rings is 1. The van der Waals surface area contributed by atoms with Crippen LogP contribution >= 0.6 is 0 Å². The van der Waals surface area contributed by atoms with Gasteiger partial charge >= 0.3 is 0 Å². The van der Waals surface area contributed by atoms with Crippen LogP contribution in [-0.4, -0.2) is 26.9 Å². The van der Waals surface area contributed by atoms with Gasteiger partial charge in [0, 0.05) is 37.3 Å². The minimum atomic E-state index is -0.0659. The fraction of sp³-hybridized carbons (Fsp3) is 0.533. The first-order chi connectivity index (χ1) is 10.7. The van der Waals surface area contributed by atoms with Crippen LogP contribution in [-0.2, 0) is 17.9 Å². The van der Waals surface area contributed by atoms with Gasteiger partial charge < -0.3 is 15.2 Å². The third kappa shape index (κ3) is 2.89. The Labute approximate surface area is 129 Å². The lowest BCUT2D eigenvalue weighted by Crippen LogP contribution is -2.48. The van der Waals surface area contributed by atoms with Gasteiger partial charge in [-0.25, -0.2) is 0 Å². The van der Waals surface area contributed by atoms with Gasteiger partial charge in [-0.05, 0) is 26.3 Å². The van der Waals surface area contributed by atoms with Gasteiger partial charge in [-0.15, -0.1) is 0 Å². The summed E-state index contributed by atoms with van der Waals surface area (Å²) in [5, 5.41) is 14.8. The largest absolute Gasteiger partial charge is 0.364 e. The lowest BCUT2D eigenvalue weighted by molar-refractivity contribution is -0.124. The van der Waals surface area contributed by atoms with E-state index in [1.165, 1.54) is 0 Å². The zero-order valence-electron chi connectivity index (χ0n) is 12.9. The summed E-state index contributed by atoms with van der Waals surface area (Å²) >= 11 is 0. The zero-order valence-corrected chi connectivity index (χ0v) is 12.9. The highest BCUT2D eigenvalue weighted by molar-refractivity contribution is 5.77. The first kappa shape index (κ1) is 14.8. The molecule has 3 heterocycles. The number of rotatable bonds is 5. The maximum Gasteiger partial charge on any atom is 0.220 e. The van der Waals surface area contributed by atoms with E-state index in [-0.39, 0.29) is 18.0 Å². The summed E-state index contributed by atoms with van der Waals surface area (Å²) in [6.07, 6.45) is 4.78. The van der Waals surface area contributed by atoms with Gasteiger partial charge in [-0.1, -0.05) is 5.16 Å². The quantitative estimate of drug-likeness (QED) is 0.870. The fourth-order valence-electron chi connectivity index (χ4n) is 2.89. The summed E-state index contributed by atoms with van der Waals surface area (Å²) < 4.78 is 6.89. The Kier molecular flexibility index (Phi) is 4.24. The summed E-state index contributed by atoms with van der Waals surface area (Å²) in [4.78, 5) is 11.8. The molecule has 1 aliphatic rings. The maximum absolute atomic E-state index is 11.8. The summed E-state index contributed by atoms with van der Waals surface area (Å²) in [6, 6.07) is 2.07. The molecule has 118 valence electrons. The van der Waals surface area contributed by atoms with E-state index in [9.17, 15) is 4.79 Å². The minimum Gasteiger partial charge on any atom is -0.364 e. The molecule has 7 nitrogen and oxygen atoms in total. The smallest absolute Gasteiger partial charge is 0.220 e. The highest BCUT2D eigenvalue weighted by Crippen LogP contribution is 2.24. The Bertz CT molecular complexity index is 648. The Morgan fingerprint density at radius 1 is 1.55 bits per heavy atom. The molecule has 2 aromatic heterocycles. The molecule has 1 aliphatic heterocycles. The SMILES string of the molecule is CCn1nccc1C1NC(=O)CCC1NCc1conc1C. The minimum absolute atomic E-state index is 0.0659. The average molecular weight is 303 g/mol. The molecule has 0 aromatic carbocycles. The molecule has 0 radical (unpaired) electrons. The highest BCUT2D eigenvalue weighted by atomic mass is 16.5. The van der Waals surface area contributed by atoms with Crippen molar-refractivity contribution >= 4 is 5.91 Å². The van der Waals surface area contributed by atoms with Crippen molar-refractivity contribution in [1.82, 2.24) is 25.6 Å². The molecule has 2 atom stereocenters. The molecule has 3 rings (SSSR count). The molecule has 7 heteroatoms. The van der Waals surface area contributed by atoms with Crippen molar-refractivity contribution in [2.75, 3.05) is 0 Å². The molecule has 1 amide bonds. The van der Waals surface area contributed by atoms with Gasteiger partial charge in [0.25, 0.3) is 0 Å². The van der Waals surface area contributed by atoms with Crippen molar-refractivity contribution in [3.63, 3.8) is 0 Å². The zero-order chi connectivity index (χ0) is 15.5. The summed E-state index contributed by atoms with van der Waals surface area (Å²) in [6.45, 7) is 5.43. The summed E-state index contributed by atoms with van der Waals surface area (Å²) in [5.74, 6) is 0.0908. The van der Waals surface area contributed by atoms with Crippen LogP contribution in [0.4, 0.5) is 0 Å². The summed E-state index contributed by atoms with van der Waals surface area (Å²) in [7, 11) is 0. The van der Waals surface area contributed by atoms with E-state index >= 15 is 0 Å². The first-order valence-corrected chi connectivity index (χ1v) is 7.63. The van der Waals surface area contributed by atoms with Gasteiger partial charge in [-0.2, -0.15) is 5.10 Å². The monoisotopic (exact) mass is 303 g/mol. The second-order valence-electron chi connectivity index (χ2n) is 5.57. The number of hydrogen-bond donors (Lipinski definition) is 2. The fourth-order valence-corrected chi connectivity index (χ4v) is 2.89. The van der Waals surface area contributed by atoms with E-state index in [1.807, 2.05) is 24.6 Å². The molecule has 22 heavy (non-hydrogen) atoms. The van der Waals surface area contributed by atoms with Gasteiger partial charge in [0.05, 0.1) is 17.4 Å². The molecule has 2 unspecified atom stereocenters. The molecular formula is C15H21N5O2. The van der Waals surface area contributed by atoms with Crippen LogP contribution in [0.3, 0.4) is 0 Å². The van der Waals surface area contributed by atoms with Gasteiger partial charge in [-0.3, -0.25) is 9.48 Å². The third-order valence-corrected chi connectivity index (χ3v) is 4.17. The van der Waals surface area contributed by atoms with Crippen LogP contribution in [0.5, 0.6) is 0 Å². The topological polar surface area (TPSA) is 85.0 Å². The van der Waals surface area contributed by atoms with E-state index in [1.54, 1.807) is 12.5 Å². The Morgan fingerprint density at radius 3 is 3.14 bits per heavy atom. The van der Waals surface area contributed by atoms with Crippen molar-refractivity contribution in [1.29, 1.82) is 0 Å². The molecule has 0 saturated carbocycles. The van der Waals surface area contributed by atoms with Crippen molar-refractivity contribution in [2.24, 2.45) is 0 Å². The average Bonchev–Trinajstić information content (AvgIpc) is 3.14. The van der Waals surface area contributed by atoms with E-state index in [0.717, 1.165) is 29.9 Å². The predicted octanol–water partition coefficient (Wildman–Crippen LogP) is 1.31. The van der Waals surface area contributed by atoms with Crippen molar-refractivity contribution < 1.29 is 9.32 Å². The van der Waals surface area contributed by atoms with Gasteiger partial charge in [0.2, 0.25) is 5.91 Å². The molecule has 0 spiro atoms. The second-order valence-corrected chi connectivity index (χ2v) is 5.57. The Morgan fingerprint density at radius 2 is 2.41 bits per heavy atom. The van der Waals surface area contributed by atoms with E-state index in [4.69, 9.17) is 4.52 Å². The Hall–Kier alpha value is -2.15. The van der Waals surface area contributed by atoms with Crippen LogP contribution in [0, 0.1) is 6.92 Å². The lowest BCUT2D eigenvalue weighted by Gasteiger charge is -2.33. The second kappa shape index (κ2) is 6.31. The number of carbonyl (C=O) groups excluding carboxylic acids is 1. The van der Waals surface area contributed by atoms with Gasteiger partial charge in [0.15, 0.2) is 0 Å². The van der Waals surface area contributed by atoms with Crippen LogP contribution < -0.4 is 10.6 Å². The van der Waals surface area contributed by atoms with E-state index in [2.05, 4.69) is 20.9 Å². The lowest BCUT2D eigenvalue weighted by atomic mass is 9.95. The van der Waals surface area contributed by atoms with E-state index < -0.39 is 0 Å². The van der Waals surface area contributed by atoms with Crippen LogP contribution in [0.2, 0.25) is 0 Å². The Balaban J connectivity index is 1.75. The summed E-state index contributed by atoms with van der Waals surface area (Å²) in [5.41, 5.74) is 2.97. The number of nitrogens with zero attached hydrogens (tertiary/aromatic N) is 3. The van der Waals surface area contributed by atoms with Crippen molar-refractivity contribution in [3.8, 4) is 0 Å². The molecule has 2 aromatic rings. The van der Waals surface area contributed by atoms with Crippen molar-refractivity contribution in [3.05, 3.63) is 35.5 Å². The predicted molar refractivity (Wildman–Crippen MR) is 79.9 cm³/mol. The highest BCUT2D eigenvalue weighted by Gasteiger charge is 2.31. The number of carbonyl (C=O) groups is 1. The molecule has 1 saturated heterocycles. The maximum atomic E-state index is 11.8.